The van der Waals surface area contributed by atoms with Crippen LogP contribution in [-0.4, -0.2) is 10.9 Å². The minimum absolute atomic E-state index is 0.167. The summed E-state index contributed by atoms with van der Waals surface area (Å²) in [6.07, 6.45) is 3.92. The van der Waals surface area contributed by atoms with E-state index >= 15 is 0 Å². The number of carbonyl (C=O) groups is 1. The highest BCUT2D eigenvalue weighted by Gasteiger charge is 2.43. The molecule has 1 fully saturated rings. The molecule has 0 saturated heterocycles. The topological polar surface area (TPSA) is 104 Å². The van der Waals surface area contributed by atoms with Gasteiger partial charge in [0.2, 0.25) is 6.20 Å². The van der Waals surface area contributed by atoms with Gasteiger partial charge >= 0.3 is 0 Å². The van der Waals surface area contributed by atoms with Crippen LogP contribution in [0.4, 0.5) is 10.2 Å². The van der Waals surface area contributed by atoms with Crippen molar-refractivity contribution >= 4 is 11.7 Å². The maximum atomic E-state index is 14.5. The van der Waals surface area contributed by atoms with Gasteiger partial charge in [-0.3, -0.25) is 4.79 Å². The number of nitrogen functional groups attached to an aromatic ring is 1. The number of rotatable bonds is 5. The Morgan fingerprint density at radius 2 is 1.82 bits per heavy atom. The van der Waals surface area contributed by atoms with Gasteiger partial charge in [-0.25, -0.2) is 4.98 Å². The molecule has 7 nitrogen and oxygen atoms in total. The number of nitrogens with two attached hydrogens (primary N) is 1. The molecule has 0 unspecified atom stereocenters. The van der Waals surface area contributed by atoms with E-state index in [0.29, 0.717) is 39.7 Å². The van der Waals surface area contributed by atoms with Gasteiger partial charge in [0, 0.05) is 29.4 Å². The van der Waals surface area contributed by atoms with Crippen molar-refractivity contribution in [2.45, 2.75) is 44.4 Å². The first-order chi connectivity index (χ1) is 18.4. The van der Waals surface area contributed by atoms with Crippen LogP contribution < -0.4 is 15.8 Å². The lowest BCUT2D eigenvalue weighted by Crippen LogP contribution is -2.25. The van der Waals surface area contributed by atoms with Crippen molar-refractivity contribution in [3.8, 4) is 11.1 Å². The minimum Gasteiger partial charge on any atom is -0.619 e. The van der Waals surface area contributed by atoms with Crippen molar-refractivity contribution < 1.29 is 18.7 Å². The van der Waals surface area contributed by atoms with Gasteiger partial charge in [0.25, 0.3) is 5.91 Å². The van der Waals surface area contributed by atoms with E-state index in [0.717, 1.165) is 52.5 Å². The Balaban J connectivity index is 1.15. The van der Waals surface area contributed by atoms with E-state index < -0.39 is 5.82 Å². The minimum atomic E-state index is -0.581. The predicted molar refractivity (Wildman–Crippen MR) is 139 cm³/mol. The lowest BCUT2D eigenvalue weighted by molar-refractivity contribution is -0.607. The molecule has 2 bridgehead atoms. The van der Waals surface area contributed by atoms with E-state index in [9.17, 15) is 14.4 Å². The number of fused-ring (bicyclic) bond motifs is 8. The van der Waals surface area contributed by atoms with Crippen LogP contribution in [0.5, 0.6) is 0 Å². The summed E-state index contributed by atoms with van der Waals surface area (Å²) in [4.78, 5) is 17.6. The summed E-state index contributed by atoms with van der Waals surface area (Å²) in [7, 11) is 0. The second-order valence-corrected chi connectivity index (χ2v) is 10.3. The number of amides is 1. The van der Waals surface area contributed by atoms with Crippen LogP contribution in [0.25, 0.3) is 11.1 Å². The summed E-state index contributed by atoms with van der Waals surface area (Å²) in [5.74, 6) is 0.261. The van der Waals surface area contributed by atoms with Gasteiger partial charge in [-0.2, -0.15) is 9.12 Å². The first-order valence-electron chi connectivity index (χ1n) is 12.7. The summed E-state index contributed by atoms with van der Waals surface area (Å²) in [6.45, 7) is 2.32. The number of nitrogens with one attached hydrogen (secondary N) is 1. The molecule has 2 atom stereocenters. The quantitative estimate of drug-likeness (QED) is 0.299. The molecule has 190 valence electrons. The highest BCUT2D eigenvalue weighted by atomic mass is 19.1. The number of halogens is 1. The first kappa shape index (κ1) is 22.9. The molecule has 4 heterocycles. The largest absolute Gasteiger partial charge is 0.619 e. The third kappa shape index (κ3) is 3.63. The lowest BCUT2D eigenvalue weighted by atomic mass is 9.84. The second kappa shape index (κ2) is 8.36. The average molecular weight is 509 g/mol. The van der Waals surface area contributed by atoms with E-state index in [-0.39, 0.29) is 18.1 Å². The molecule has 2 aromatic carbocycles. The molecule has 8 heteroatoms. The van der Waals surface area contributed by atoms with E-state index in [4.69, 9.17) is 10.5 Å². The average Bonchev–Trinajstić information content (AvgIpc) is 3.59. The first-order valence-corrected chi connectivity index (χ1v) is 12.7. The van der Waals surface area contributed by atoms with Crippen molar-refractivity contribution in [3.63, 3.8) is 0 Å². The van der Waals surface area contributed by atoms with E-state index in [2.05, 4.69) is 10.3 Å². The fourth-order valence-electron chi connectivity index (χ4n) is 5.85. The van der Waals surface area contributed by atoms with Crippen molar-refractivity contribution in [2.24, 2.45) is 0 Å². The highest BCUT2D eigenvalue weighted by Crippen LogP contribution is 2.55. The Kier molecular flexibility index (Phi) is 5.03. The molecule has 7 rings (SSSR count). The van der Waals surface area contributed by atoms with Crippen molar-refractivity contribution in [3.05, 3.63) is 117 Å². The molecule has 1 aliphatic carbocycles. The molecule has 2 aliphatic heterocycles. The third-order valence-corrected chi connectivity index (χ3v) is 7.86. The van der Waals surface area contributed by atoms with Crippen LogP contribution in [0, 0.1) is 17.9 Å². The Morgan fingerprint density at radius 3 is 2.58 bits per heavy atom. The fourth-order valence-corrected chi connectivity index (χ4v) is 5.85. The molecule has 1 amide bonds. The number of aryl methyl sites for hydroxylation is 1. The van der Waals surface area contributed by atoms with Crippen LogP contribution in [0.2, 0.25) is 0 Å². The molecule has 3 N–H and O–H groups in total. The molecule has 1 saturated carbocycles. The number of carbonyl (C=O) groups excluding carboxylic acids is 1. The molecule has 3 aliphatic rings. The summed E-state index contributed by atoms with van der Waals surface area (Å²) in [6, 6.07) is 14.8. The Hall–Kier alpha value is -4.30. The second-order valence-electron chi connectivity index (χ2n) is 10.3. The van der Waals surface area contributed by atoms with Crippen LogP contribution in [0.1, 0.15) is 80.4 Å². The molecule has 0 spiro atoms. The van der Waals surface area contributed by atoms with Gasteiger partial charge in [-0.05, 0) is 88.9 Å². The van der Waals surface area contributed by atoms with Crippen LogP contribution in [0.15, 0.2) is 60.9 Å². The number of hydrogen-bond acceptors (Lipinski definition) is 5. The predicted octanol–water partition coefficient (Wildman–Crippen LogP) is 4.74. The van der Waals surface area contributed by atoms with Gasteiger partial charge in [-0.1, -0.05) is 18.2 Å². The van der Waals surface area contributed by atoms with Gasteiger partial charge in [0.15, 0.2) is 12.0 Å². The SMILES string of the molecule is Cc1nc(N)cc(C2CC2)c1CNC(=O)c1ccc2c(c1)[C@@H]1O[C@H]2c2ccc(-c3cc[n+]([O-])cc3F)cc21. The van der Waals surface area contributed by atoms with E-state index in [1.807, 2.05) is 49.4 Å². The zero-order valence-corrected chi connectivity index (χ0v) is 20.7. The van der Waals surface area contributed by atoms with Crippen LogP contribution >= 0.6 is 0 Å². The van der Waals surface area contributed by atoms with Crippen LogP contribution in [0.3, 0.4) is 0 Å². The molecular formula is C30H25FN4O3. The van der Waals surface area contributed by atoms with Crippen molar-refractivity contribution in [1.82, 2.24) is 10.3 Å². The lowest BCUT2D eigenvalue weighted by Gasteiger charge is -2.18. The van der Waals surface area contributed by atoms with E-state index in [1.54, 1.807) is 0 Å². The third-order valence-electron chi connectivity index (χ3n) is 7.86. The number of nitrogens with zero attached hydrogens (tertiary/aromatic N) is 2. The Bertz CT molecular complexity index is 1650. The maximum absolute atomic E-state index is 14.5. The number of ether oxygens (including phenoxy) is 1. The number of hydrogen-bond donors (Lipinski definition) is 2. The molecule has 0 radical (unpaired) electrons. The van der Waals surface area contributed by atoms with Gasteiger partial charge < -0.3 is 21.0 Å². The van der Waals surface area contributed by atoms with Crippen molar-refractivity contribution in [1.29, 1.82) is 0 Å². The monoisotopic (exact) mass is 508 g/mol. The standard InChI is InChI=1S/C30H25FN4O3/c1-15-25(22(16-2-3-16)12-27(32)34-15)13-33-30(36)18-5-7-21-24(11-18)29-23-10-17(4-6-20(23)28(21)38-29)19-8-9-35(37)14-26(19)31/h4-12,14,16,28-29H,2-3,13H2,1H3,(H2,32,34)(H,33,36)/t28-,29+/m0/s1. The molecule has 2 aromatic heterocycles. The molecule has 38 heavy (non-hydrogen) atoms. The van der Waals surface area contributed by atoms with Gasteiger partial charge in [0.1, 0.15) is 18.0 Å². The van der Waals surface area contributed by atoms with Gasteiger partial charge in [-0.15, -0.1) is 0 Å². The zero-order chi connectivity index (χ0) is 26.1. The number of anilines is 1. The summed E-state index contributed by atoms with van der Waals surface area (Å²) in [5, 5.41) is 14.5. The molecule has 4 aromatic rings. The summed E-state index contributed by atoms with van der Waals surface area (Å²) in [5.41, 5.74) is 14.6. The number of aromatic nitrogens is 2. The highest BCUT2D eigenvalue weighted by molar-refractivity contribution is 5.94. The maximum Gasteiger partial charge on any atom is 0.251 e. The smallest absolute Gasteiger partial charge is 0.251 e. The number of benzene rings is 2. The Morgan fingerprint density at radius 1 is 1.08 bits per heavy atom. The van der Waals surface area contributed by atoms with Gasteiger partial charge in [0.05, 0.1) is 0 Å². The molecular weight excluding hydrogens is 483 g/mol. The Labute approximate surface area is 218 Å². The zero-order valence-electron chi connectivity index (χ0n) is 20.7. The normalized spacial score (nSPS) is 18.8. The summed E-state index contributed by atoms with van der Waals surface area (Å²) < 4.78 is 21.2. The number of pyridine rings is 2. The van der Waals surface area contributed by atoms with Crippen LogP contribution in [-0.2, 0) is 11.3 Å². The summed E-state index contributed by atoms with van der Waals surface area (Å²) >= 11 is 0. The fraction of sp³-hybridized carbons (Fsp3) is 0.233. The van der Waals surface area contributed by atoms with Crippen molar-refractivity contribution in [2.75, 3.05) is 5.73 Å². The van der Waals surface area contributed by atoms with E-state index in [1.165, 1.54) is 17.8 Å².